The van der Waals surface area contributed by atoms with Crippen molar-refractivity contribution in [3.63, 3.8) is 0 Å². The van der Waals surface area contributed by atoms with Crippen LogP contribution in [0, 0.1) is 0 Å². The molecule has 26 heavy (non-hydrogen) atoms. The van der Waals surface area contributed by atoms with Crippen LogP contribution in [0.2, 0.25) is 0 Å². The van der Waals surface area contributed by atoms with Gasteiger partial charge in [-0.2, -0.15) is 4.31 Å². The first-order chi connectivity index (χ1) is 12.2. The molecule has 9 nitrogen and oxygen atoms in total. The standard InChI is InChI=1S/C16H13N3O6S/c1-19-13(14(20)10-4-2-3-5-11(10)26(19,24)25)15(21)18-12-7-6-9(8-17-12)16(22)23/h2-8,13H,1H3,(H,22,23)(H,17,18,21). The van der Waals surface area contributed by atoms with E-state index in [1.54, 1.807) is 0 Å². The summed E-state index contributed by atoms with van der Waals surface area (Å²) in [4.78, 5) is 39.6. The number of ketones is 1. The number of anilines is 1. The molecule has 3 rings (SSSR count). The Morgan fingerprint density at radius 2 is 1.88 bits per heavy atom. The van der Waals surface area contributed by atoms with Gasteiger partial charge in [-0.05, 0) is 24.3 Å². The van der Waals surface area contributed by atoms with Gasteiger partial charge in [0.2, 0.25) is 10.0 Å². The number of rotatable bonds is 3. The maximum atomic E-state index is 12.6. The number of carbonyl (C=O) groups excluding carboxylic acids is 2. The van der Waals surface area contributed by atoms with Crippen LogP contribution in [0.25, 0.3) is 0 Å². The van der Waals surface area contributed by atoms with Crippen LogP contribution in [-0.2, 0) is 14.8 Å². The molecule has 2 heterocycles. The number of benzene rings is 1. The molecule has 0 fully saturated rings. The second kappa shape index (κ2) is 6.32. The van der Waals surface area contributed by atoms with E-state index in [-0.39, 0.29) is 21.8 Å². The van der Waals surface area contributed by atoms with E-state index >= 15 is 0 Å². The summed E-state index contributed by atoms with van der Waals surface area (Å²) in [5.41, 5.74) is -0.134. The summed E-state index contributed by atoms with van der Waals surface area (Å²) in [6, 6.07) is 6.54. The summed E-state index contributed by atoms with van der Waals surface area (Å²) in [5.74, 6) is -2.72. The molecule has 0 saturated heterocycles. The number of nitrogens with one attached hydrogen (secondary N) is 1. The molecule has 10 heteroatoms. The molecule has 1 aliphatic heterocycles. The van der Waals surface area contributed by atoms with Crippen LogP contribution in [0.15, 0.2) is 47.5 Å². The second-order valence-corrected chi connectivity index (χ2v) is 7.48. The first-order valence-corrected chi connectivity index (χ1v) is 8.79. The quantitative estimate of drug-likeness (QED) is 0.751. The first-order valence-electron chi connectivity index (χ1n) is 7.35. The Morgan fingerprint density at radius 1 is 1.19 bits per heavy atom. The number of hydrogen-bond donors (Lipinski definition) is 2. The van der Waals surface area contributed by atoms with E-state index in [1.165, 1.54) is 36.4 Å². The molecule has 1 unspecified atom stereocenters. The molecule has 1 aromatic carbocycles. The number of carboxylic acids is 1. The van der Waals surface area contributed by atoms with Crippen molar-refractivity contribution in [3.05, 3.63) is 53.7 Å². The maximum Gasteiger partial charge on any atom is 0.337 e. The molecule has 2 aromatic rings. The summed E-state index contributed by atoms with van der Waals surface area (Å²) in [5, 5.41) is 11.2. The lowest BCUT2D eigenvalue weighted by molar-refractivity contribution is -0.118. The number of hydrogen-bond acceptors (Lipinski definition) is 6. The van der Waals surface area contributed by atoms with E-state index in [2.05, 4.69) is 10.3 Å². The molecule has 1 aromatic heterocycles. The van der Waals surface area contributed by atoms with Gasteiger partial charge in [0.1, 0.15) is 5.82 Å². The van der Waals surface area contributed by atoms with E-state index in [1.807, 2.05) is 0 Å². The summed E-state index contributed by atoms with van der Waals surface area (Å²) in [7, 11) is -2.86. The average Bonchev–Trinajstić information content (AvgIpc) is 2.61. The number of aromatic nitrogens is 1. The lowest BCUT2D eigenvalue weighted by Crippen LogP contribution is -2.53. The zero-order chi connectivity index (χ0) is 19.1. The molecule has 0 bridgehead atoms. The molecule has 0 spiro atoms. The van der Waals surface area contributed by atoms with E-state index in [4.69, 9.17) is 5.11 Å². The van der Waals surface area contributed by atoms with E-state index in [0.29, 0.717) is 4.31 Å². The van der Waals surface area contributed by atoms with Crippen molar-refractivity contribution in [2.24, 2.45) is 0 Å². The highest BCUT2D eigenvalue weighted by atomic mass is 32.2. The maximum absolute atomic E-state index is 12.6. The number of sulfonamides is 1. The number of pyridine rings is 1. The van der Waals surface area contributed by atoms with Crippen molar-refractivity contribution in [1.29, 1.82) is 0 Å². The fourth-order valence-electron chi connectivity index (χ4n) is 2.57. The van der Waals surface area contributed by atoms with Gasteiger partial charge >= 0.3 is 5.97 Å². The van der Waals surface area contributed by atoms with Gasteiger partial charge in [-0.3, -0.25) is 9.59 Å². The minimum Gasteiger partial charge on any atom is -0.478 e. The normalized spacial score (nSPS) is 18.8. The van der Waals surface area contributed by atoms with Crippen LogP contribution >= 0.6 is 0 Å². The summed E-state index contributed by atoms with van der Waals surface area (Å²) in [6.07, 6.45) is 1.04. The number of nitrogens with zero attached hydrogens (tertiary/aromatic N) is 2. The number of amides is 1. The van der Waals surface area contributed by atoms with Crippen molar-refractivity contribution in [3.8, 4) is 0 Å². The number of fused-ring (bicyclic) bond motifs is 1. The van der Waals surface area contributed by atoms with Crippen molar-refractivity contribution < 1.29 is 27.9 Å². The molecular formula is C16H13N3O6S. The van der Waals surface area contributed by atoms with Gasteiger partial charge in [-0.1, -0.05) is 12.1 Å². The van der Waals surface area contributed by atoms with Gasteiger partial charge in [0, 0.05) is 18.8 Å². The van der Waals surface area contributed by atoms with Crippen molar-refractivity contribution >= 4 is 33.5 Å². The Labute approximate surface area is 148 Å². The van der Waals surface area contributed by atoms with Gasteiger partial charge in [0.25, 0.3) is 5.91 Å². The summed E-state index contributed by atoms with van der Waals surface area (Å²) < 4.78 is 25.8. The molecular weight excluding hydrogens is 362 g/mol. The van der Waals surface area contributed by atoms with Crippen molar-refractivity contribution in [2.75, 3.05) is 12.4 Å². The Morgan fingerprint density at radius 3 is 2.50 bits per heavy atom. The SMILES string of the molecule is CN1C(C(=O)Nc2ccc(C(=O)O)cn2)C(=O)c2ccccc2S1(=O)=O. The number of Topliss-reactive ketones (excluding diaryl/α,β-unsaturated/α-hetero) is 1. The molecule has 2 N–H and O–H groups in total. The Bertz CT molecular complexity index is 1020. The van der Waals surface area contributed by atoms with Crippen molar-refractivity contribution in [1.82, 2.24) is 9.29 Å². The predicted molar refractivity (Wildman–Crippen MR) is 89.3 cm³/mol. The second-order valence-electron chi connectivity index (χ2n) is 5.51. The smallest absolute Gasteiger partial charge is 0.337 e. The van der Waals surface area contributed by atoms with Gasteiger partial charge in [0.05, 0.1) is 10.5 Å². The fraction of sp³-hybridized carbons (Fsp3) is 0.125. The summed E-state index contributed by atoms with van der Waals surface area (Å²) in [6.45, 7) is 0. The average molecular weight is 375 g/mol. The molecule has 0 radical (unpaired) electrons. The minimum atomic E-state index is -4.00. The van der Waals surface area contributed by atoms with Crippen LogP contribution in [0.4, 0.5) is 5.82 Å². The predicted octanol–water partition coefficient (Wildman–Crippen LogP) is 0.604. The number of likely N-dealkylation sites (N-methyl/N-ethyl adjacent to an activating group) is 1. The highest BCUT2D eigenvalue weighted by Crippen LogP contribution is 2.29. The van der Waals surface area contributed by atoms with Crippen LogP contribution < -0.4 is 5.32 Å². The van der Waals surface area contributed by atoms with Crippen LogP contribution in [-0.4, -0.2) is 53.6 Å². The fourth-order valence-corrected chi connectivity index (χ4v) is 4.05. The molecule has 1 atom stereocenters. The van der Waals surface area contributed by atoms with E-state index in [0.717, 1.165) is 13.2 Å². The van der Waals surface area contributed by atoms with Crippen LogP contribution in [0.1, 0.15) is 20.7 Å². The van der Waals surface area contributed by atoms with Gasteiger partial charge in [-0.15, -0.1) is 0 Å². The van der Waals surface area contributed by atoms with E-state index < -0.39 is 33.7 Å². The third-order valence-electron chi connectivity index (χ3n) is 3.93. The third kappa shape index (κ3) is 2.85. The van der Waals surface area contributed by atoms with Gasteiger partial charge in [-0.25, -0.2) is 18.2 Å². The minimum absolute atomic E-state index is 0.00236. The zero-order valence-electron chi connectivity index (χ0n) is 13.4. The number of carboxylic acid groups (broad SMARTS) is 1. The number of carbonyl (C=O) groups is 3. The van der Waals surface area contributed by atoms with Gasteiger partial charge in [0.15, 0.2) is 11.8 Å². The molecule has 0 aliphatic carbocycles. The highest BCUT2D eigenvalue weighted by Gasteiger charge is 2.45. The van der Waals surface area contributed by atoms with E-state index in [9.17, 15) is 22.8 Å². The molecule has 0 saturated carbocycles. The zero-order valence-corrected chi connectivity index (χ0v) is 14.2. The Kier molecular flexibility index (Phi) is 4.30. The van der Waals surface area contributed by atoms with Crippen molar-refractivity contribution in [2.45, 2.75) is 10.9 Å². The monoisotopic (exact) mass is 375 g/mol. The van der Waals surface area contributed by atoms with Crippen LogP contribution in [0.3, 0.4) is 0 Å². The van der Waals surface area contributed by atoms with Gasteiger partial charge < -0.3 is 10.4 Å². The summed E-state index contributed by atoms with van der Waals surface area (Å²) >= 11 is 0. The molecule has 1 aliphatic rings. The van der Waals surface area contributed by atoms with Crippen LogP contribution in [0.5, 0.6) is 0 Å². The molecule has 1 amide bonds. The number of aromatic carboxylic acids is 1. The Hall–Kier alpha value is -3.11. The topological polar surface area (TPSA) is 134 Å². The first kappa shape index (κ1) is 17.7. The largest absolute Gasteiger partial charge is 0.478 e. The highest BCUT2D eigenvalue weighted by molar-refractivity contribution is 7.89. The lowest BCUT2D eigenvalue weighted by atomic mass is 10.0. The molecule has 134 valence electrons. The third-order valence-corrected chi connectivity index (χ3v) is 5.81. The Balaban J connectivity index is 1.92. The lowest BCUT2D eigenvalue weighted by Gasteiger charge is -2.30.